The zero-order chi connectivity index (χ0) is 20.9. The molecule has 0 bridgehead atoms. The third kappa shape index (κ3) is 3.50. The summed E-state index contributed by atoms with van der Waals surface area (Å²) in [5.41, 5.74) is 7.41. The van der Waals surface area contributed by atoms with Crippen molar-refractivity contribution in [3.63, 3.8) is 0 Å². The van der Waals surface area contributed by atoms with E-state index < -0.39 is 11.5 Å². The number of nitrogens with one attached hydrogen (secondary N) is 1. The number of likely N-dealkylation sites (N-methyl/N-ethyl adjacent to an activating group) is 1. The quantitative estimate of drug-likeness (QED) is 0.691. The summed E-state index contributed by atoms with van der Waals surface area (Å²) in [6, 6.07) is 0.0678. The van der Waals surface area contributed by atoms with Gasteiger partial charge < -0.3 is 21.1 Å². The number of fused-ring (bicyclic) bond motifs is 1. The van der Waals surface area contributed by atoms with E-state index >= 15 is 0 Å². The number of nitrogens with zero attached hydrogens (tertiary/aromatic N) is 4. The molecule has 9 heteroatoms. The molecule has 1 amide bonds. The molecule has 1 fully saturated rings. The van der Waals surface area contributed by atoms with Gasteiger partial charge >= 0.3 is 0 Å². The van der Waals surface area contributed by atoms with Crippen LogP contribution in [0.25, 0.3) is 11.2 Å². The van der Waals surface area contributed by atoms with Gasteiger partial charge in [0.15, 0.2) is 17.0 Å². The van der Waals surface area contributed by atoms with E-state index in [2.05, 4.69) is 21.4 Å². The summed E-state index contributed by atoms with van der Waals surface area (Å²) < 4.78 is 2.78. The number of nitrogen functional groups attached to an aromatic ring is 1. The molecule has 29 heavy (non-hydrogen) atoms. The van der Waals surface area contributed by atoms with Gasteiger partial charge in [0.1, 0.15) is 0 Å². The number of anilines is 1. The summed E-state index contributed by atoms with van der Waals surface area (Å²) in [6.45, 7) is 6.07. The fourth-order valence-electron chi connectivity index (χ4n) is 3.78. The van der Waals surface area contributed by atoms with E-state index in [-0.39, 0.29) is 29.2 Å². The van der Waals surface area contributed by atoms with E-state index in [0.717, 1.165) is 37.9 Å². The lowest BCUT2D eigenvalue weighted by molar-refractivity contribution is 0.0944. The summed E-state index contributed by atoms with van der Waals surface area (Å²) in [6.07, 6.45) is 4.61. The lowest BCUT2D eigenvalue weighted by atomic mass is 10.0. The third-order valence-electron chi connectivity index (χ3n) is 5.45. The highest BCUT2D eigenvalue weighted by Crippen LogP contribution is 2.33. The van der Waals surface area contributed by atoms with Crippen molar-refractivity contribution in [2.75, 3.05) is 25.9 Å². The Morgan fingerprint density at radius 2 is 2.14 bits per heavy atom. The van der Waals surface area contributed by atoms with Crippen LogP contribution in [-0.4, -0.2) is 56.3 Å². The Kier molecular flexibility index (Phi) is 4.85. The van der Waals surface area contributed by atoms with Crippen molar-refractivity contribution in [3.8, 4) is 5.88 Å². The molecule has 2 aromatic rings. The highest BCUT2D eigenvalue weighted by atomic mass is 16.3. The highest BCUT2D eigenvalue weighted by molar-refractivity contribution is 5.97. The molecule has 0 saturated heterocycles. The second kappa shape index (κ2) is 7.22. The Morgan fingerprint density at radius 3 is 2.72 bits per heavy atom. The van der Waals surface area contributed by atoms with Crippen LogP contribution in [0.15, 0.2) is 10.9 Å². The minimum atomic E-state index is -0.651. The van der Waals surface area contributed by atoms with E-state index in [1.54, 1.807) is 4.57 Å². The minimum absolute atomic E-state index is 0.0678. The predicted octanol–water partition coefficient (Wildman–Crippen LogP) is 1.05. The minimum Gasteiger partial charge on any atom is -0.494 e. The molecule has 0 radical (unpaired) electrons. The second-order valence-corrected chi connectivity index (χ2v) is 8.49. The normalized spacial score (nSPS) is 17.7. The molecule has 0 spiro atoms. The molecule has 0 atom stereocenters. The first-order chi connectivity index (χ1) is 13.8. The van der Waals surface area contributed by atoms with Crippen LogP contribution in [0, 0.1) is 5.92 Å². The van der Waals surface area contributed by atoms with Crippen LogP contribution in [0.5, 0.6) is 5.88 Å². The first-order valence-corrected chi connectivity index (χ1v) is 10.1. The summed E-state index contributed by atoms with van der Waals surface area (Å²) in [7, 11) is 2.04. The smallest absolute Gasteiger partial charge is 0.291 e. The van der Waals surface area contributed by atoms with E-state index in [1.165, 1.54) is 4.52 Å². The van der Waals surface area contributed by atoms with Gasteiger partial charge in [0, 0.05) is 25.7 Å². The number of carbonyl (C=O) groups excluding carboxylic acids is 1. The molecule has 2 aromatic heterocycles. The molecule has 2 aliphatic rings. The van der Waals surface area contributed by atoms with Crippen molar-refractivity contribution < 1.29 is 9.90 Å². The molecule has 156 valence electrons. The lowest BCUT2D eigenvalue weighted by Crippen LogP contribution is -2.34. The molecule has 0 aromatic carbocycles. The standard InChI is InChI=1S/C20H28N6O3/c1-11(2)10-25-18-14(12-6-8-24(3)9-7-12)16(21)23-26(18)20(29)15(19(25)28)17(27)22-13-4-5-13/h6,11,13,28H,4-5,7-10H2,1-3H3,(H2,21,23)(H,22,27). The second-order valence-electron chi connectivity index (χ2n) is 8.49. The maximum absolute atomic E-state index is 13.1. The van der Waals surface area contributed by atoms with Gasteiger partial charge in [-0.1, -0.05) is 19.9 Å². The number of hydrogen-bond donors (Lipinski definition) is 3. The van der Waals surface area contributed by atoms with Crippen molar-refractivity contribution in [2.45, 2.75) is 45.7 Å². The van der Waals surface area contributed by atoms with E-state index in [4.69, 9.17) is 5.73 Å². The van der Waals surface area contributed by atoms with Crippen LogP contribution in [0.4, 0.5) is 5.82 Å². The monoisotopic (exact) mass is 400 g/mol. The Morgan fingerprint density at radius 1 is 1.41 bits per heavy atom. The van der Waals surface area contributed by atoms with Gasteiger partial charge in [0.05, 0.1) is 5.56 Å². The van der Waals surface area contributed by atoms with Crippen LogP contribution >= 0.6 is 0 Å². The van der Waals surface area contributed by atoms with Crippen molar-refractivity contribution in [2.24, 2.45) is 5.92 Å². The Balaban J connectivity index is 1.96. The molecule has 0 unspecified atom stereocenters. The van der Waals surface area contributed by atoms with Crippen LogP contribution in [0.2, 0.25) is 0 Å². The zero-order valence-corrected chi connectivity index (χ0v) is 17.1. The van der Waals surface area contributed by atoms with Gasteiger partial charge in [-0.25, -0.2) is 0 Å². The lowest BCUT2D eigenvalue weighted by Gasteiger charge is -2.23. The van der Waals surface area contributed by atoms with Crippen LogP contribution in [0.1, 0.15) is 49.0 Å². The van der Waals surface area contributed by atoms with Crippen LogP contribution < -0.4 is 16.6 Å². The summed E-state index contributed by atoms with van der Waals surface area (Å²) in [5, 5.41) is 18.0. The zero-order valence-electron chi connectivity index (χ0n) is 17.1. The van der Waals surface area contributed by atoms with Gasteiger partial charge in [0.2, 0.25) is 5.88 Å². The van der Waals surface area contributed by atoms with Crippen molar-refractivity contribution in [1.29, 1.82) is 0 Å². The van der Waals surface area contributed by atoms with Gasteiger partial charge in [0.25, 0.3) is 11.5 Å². The topological polar surface area (TPSA) is 118 Å². The van der Waals surface area contributed by atoms with Gasteiger partial charge in [-0.2, -0.15) is 4.52 Å². The fraction of sp³-hybridized carbons (Fsp3) is 0.550. The highest BCUT2D eigenvalue weighted by Gasteiger charge is 2.31. The van der Waals surface area contributed by atoms with Crippen molar-refractivity contribution >= 4 is 22.9 Å². The maximum atomic E-state index is 13.1. The SMILES string of the molecule is CC(C)Cn1c(O)c(C(=O)NC2CC2)c(=O)n2nc(N)c(C3=CCN(C)CC3)c12. The summed E-state index contributed by atoms with van der Waals surface area (Å²) in [4.78, 5) is 28.0. The average Bonchev–Trinajstić information content (AvgIpc) is 3.39. The number of aromatic nitrogens is 3. The van der Waals surface area contributed by atoms with E-state index in [9.17, 15) is 14.7 Å². The predicted molar refractivity (Wildman–Crippen MR) is 111 cm³/mol. The number of nitrogens with two attached hydrogens (primary N) is 1. The van der Waals surface area contributed by atoms with Gasteiger partial charge in [-0.05, 0) is 37.8 Å². The molecular weight excluding hydrogens is 372 g/mol. The van der Waals surface area contributed by atoms with Crippen molar-refractivity contribution in [1.82, 2.24) is 24.4 Å². The molecule has 1 aliphatic carbocycles. The number of hydrogen-bond acceptors (Lipinski definition) is 6. The molecule has 9 nitrogen and oxygen atoms in total. The van der Waals surface area contributed by atoms with E-state index in [0.29, 0.717) is 17.8 Å². The van der Waals surface area contributed by atoms with Gasteiger partial charge in [-0.3, -0.25) is 14.2 Å². The number of aromatic hydroxyl groups is 1. The largest absolute Gasteiger partial charge is 0.494 e. The summed E-state index contributed by atoms with van der Waals surface area (Å²) >= 11 is 0. The first kappa shape index (κ1) is 19.5. The fourth-order valence-corrected chi connectivity index (χ4v) is 3.78. The molecular formula is C20H28N6O3. The number of carbonyl (C=O) groups is 1. The van der Waals surface area contributed by atoms with E-state index in [1.807, 2.05) is 20.9 Å². The number of amides is 1. The van der Waals surface area contributed by atoms with Crippen molar-refractivity contribution in [3.05, 3.63) is 27.6 Å². The Bertz CT molecular complexity index is 1060. The first-order valence-electron chi connectivity index (χ1n) is 10.1. The maximum Gasteiger partial charge on any atom is 0.291 e. The molecule has 1 saturated carbocycles. The molecule has 4 rings (SSSR count). The summed E-state index contributed by atoms with van der Waals surface area (Å²) in [5.74, 6) is -0.496. The number of rotatable bonds is 5. The molecule has 1 aliphatic heterocycles. The average molecular weight is 400 g/mol. The van der Waals surface area contributed by atoms with Crippen LogP contribution in [-0.2, 0) is 6.54 Å². The Hall–Kier alpha value is -2.81. The van der Waals surface area contributed by atoms with Crippen LogP contribution in [0.3, 0.4) is 0 Å². The third-order valence-corrected chi connectivity index (χ3v) is 5.45. The Labute approximate surface area is 168 Å². The van der Waals surface area contributed by atoms with Gasteiger partial charge in [-0.15, -0.1) is 5.10 Å². The molecule has 4 N–H and O–H groups in total. The molecule has 3 heterocycles.